The molecule has 0 amide bonds. The van der Waals surface area contributed by atoms with Gasteiger partial charge in [-0.1, -0.05) is 6.07 Å². The van der Waals surface area contributed by atoms with Crippen molar-refractivity contribution in [1.29, 1.82) is 0 Å². The van der Waals surface area contributed by atoms with E-state index in [2.05, 4.69) is 10.3 Å². The van der Waals surface area contributed by atoms with Gasteiger partial charge in [0.2, 0.25) is 5.56 Å². The van der Waals surface area contributed by atoms with Crippen molar-refractivity contribution in [2.45, 2.75) is 31.3 Å². The summed E-state index contributed by atoms with van der Waals surface area (Å²) in [5.74, 6) is 0. The number of rotatable bonds is 7. The highest BCUT2D eigenvalue weighted by Gasteiger charge is 2.31. The van der Waals surface area contributed by atoms with Crippen molar-refractivity contribution in [3.63, 3.8) is 0 Å². The number of hydrogen-bond donors (Lipinski definition) is 6. The minimum absolute atomic E-state index is 0.259. The van der Waals surface area contributed by atoms with Gasteiger partial charge in [0.15, 0.2) is 0 Å². The fourth-order valence-electron chi connectivity index (χ4n) is 2.46. The van der Waals surface area contributed by atoms with E-state index in [1.807, 2.05) is 0 Å². The lowest BCUT2D eigenvalue weighted by Crippen LogP contribution is -2.49. The van der Waals surface area contributed by atoms with Crippen LogP contribution in [-0.4, -0.2) is 62.7 Å². The molecule has 0 aliphatic heterocycles. The molecule has 1 aromatic carbocycles. The normalized spacial score (nSPS) is 16.4. The number of aryl methyl sites for hydroxylation is 1. The molecule has 0 spiro atoms. The molecule has 1 heterocycles. The molecule has 1 aromatic heterocycles. The zero-order valence-corrected chi connectivity index (χ0v) is 13.0. The van der Waals surface area contributed by atoms with Crippen molar-refractivity contribution in [1.82, 2.24) is 4.98 Å². The highest BCUT2D eigenvalue weighted by atomic mass is 16.4. The summed E-state index contributed by atoms with van der Waals surface area (Å²) in [5.41, 5.74) is 1.53. The van der Waals surface area contributed by atoms with Gasteiger partial charge >= 0.3 is 0 Å². The molecule has 2 rings (SSSR count). The first kappa shape index (κ1) is 18.1. The van der Waals surface area contributed by atoms with Crippen LogP contribution in [0.3, 0.4) is 0 Å². The number of anilines is 1. The fourth-order valence-corrected chi connectivity index (χ4v) is 2.46. The minimum Gasteiger partial charge on any atom is -0.394 e. The predicted molar refractivity (Wildman–Crippen MR) is 87.9 cm³/mol. The smallest absolute Gasteiger partial charge is 0.248 e. The number of hydrogen-bond acceptors (Lipinski definition) is 7. The quantitative estimate of drug-likeness (QED) is 0.352. The zero-order valence-electron chi connectivity index (χ0n) is 13.0. The Bertz CT molecular complexity index is 775. The maximum Gasteiger partial charge on any atom is 0.248 e. The Morgan fingerprint density at radius 3 is 2.54 bits per heavy atom. The van der Waals surface area contributed by atoms with Gasteiger partial charge in [0.25, 0.3) is 0 Å². The van der Waals surface area contributed by atoms with E-state index in [4.69, 9.17) is 5.11 Å². The molecule has 130 valence electrons. The maximum atomic E-state index is 11.5. The topological polar surface area (TPSA) is 143 Å². The van der Waals surface area contributed by atoms with Gasteiger partial charge in [-0.2, -0.15) is 0 Å². The van der Waals surface area contributed by atoms with Crippen molar-refractivity contribution >= 4 is 22.9 Å². The second kappa shape index (κ2) is 7.54. The third-order valence-corrected chi connectivity index (χ3v) is 3.83. The largest absolute Gasteiger partial charge is 0.394 e. The van der Waals surface area contributed by atoms with Crippen LogP contribution in [0, 0.1) is 6.92 Å². The minimum atomic E-state index is -1.69. The summed E-state index contributed by atoms with van der Waals surface area (Å²) >= 11 is 0. The summed E-state index contributed by atoms with van der Waals surface area (Å²) in [6.07, 6.45) is -4.50. The summed E-state index contributed by atoms with van der Waals surface area (Å²) in [6.45, 7) is 1.05. The Morgan fingerprint density at radius 1 is 1.21 bits per heavy atom. The number of H-pyrrole nitrogens is 1. The van der Waals surface area contributed by atoms with Gasteiger partial charge in [0.1, 0.15) is 30.6 Å². The average Bonchev–Trinajstić information content (AvgIpc) is 2.57. The van der Waals surface area contributed by atoms with Crippen molar-refractivity contribution < 1.29 is 25.2 Å². The molecule has 0 saturated carbocycles. The maximum absolute atomic E-state index is 11.5. The molecule has 0 aliphatic rings. The van der Waals surface area contributed by atoms with E-state index in [1.54, 1.807) is 25.1 Å². The van der Waals surface area contributed by atoms with Crippen molar-refractivity contribution in [3.8, 4) is 0 Å². The molecule has 4 atom stereocenters. The number of aliphatic hydroxyl groups is 4. The molecular formula is C16H20N2O6. The first-order valence-electron chi connectivity index (χ1n) is 7.38. The number of aromatic amines is 1. The fraction of sp³-hybridized carbons (Fsp3) is 0.375. The highest BCUT2D eigenvalue weighted by molar-refractivity contribution is 5.85. The standard InChI is InChI=1S/C16H20N2O6/c1-8-4-14(22)18-11-5-9(2-3-10(8)11)17-12(6-19)15(23)16(24)13(21)7-20/h2-6,12-13,15-17,20-21,23-24H,7H2,1H3,(H,18,22)/t12-,13+,15+,16+/m0/s1. The third-order valence-electron chi connectivity index (χ3n) is 3.83. The number of carbonyl (C=O) groups excluding carboxylic acids is 1. The molecule has 0 saturated heterocycles. The molecule has 0 fully saturated rings. The van der Waals surface area contributed by atoms with Gasteiger partial charge in [-0.05, 0) is 24.6 Å². The first-order chi connectivity index (χ1) is 11.4. The highest BCUT2D eigenvalue weighted by Crippen LogP contribution is 2.20. The Kier molecular flexibility index (Phi) is 5.68. The van der Waals surface area contributed by atoms with E-state index in [-0.39, 0.29) is 5.56 Å². The third kappa shape index (κ3) is 3.80. The van der Waals surface area contributed by atoms with Gasteiger partial charge < -0.3 is 35.5 Å². The lowest BCUT2D eigenvalue weighted by Gasteiger charge is -2.26. The SMILES string of the molecule is Cc1cc(=O)[nH]c2cc(N[C@@H](C=O)[C@@H](O)[C@H](O)[C@H](O)CO)ccc12. The number of aliphatic hydroxyl groups excluding tert-OH is 4. The lowest BCUT2D eigenvalue weighted by atomic mass is 10.0. The van der Waals surface area contributed by atoms with E-state index in [0.717, 1.165) is 10.9 Å². The Morgan fingerprint density at radius 2 is 1.92 bits per heavy atom. The van der Waals surface area contributed by atoms with Crippen LogP contribution in [0.4, 0.5) is 5.69 Å². The molecule has 0 bridgehead atoms. The molecule has 0 aliphatic carbocycles. The van der Waals surface area contributed by atoms with Crippen LogP contribution >= 0.6 is 0 Å². The molecular weight excluding hydrogens is 316 g/mol. The van der Waals surface area contributed by atoms with Gasteiger partial charge in [-0.3, -0.25) is 4.79 Å². The van der Waals surface area contributed by atoms with Gasteiger partial charge in [-0.15, -0.1) is 0 Å². The average molecular weight is 336 g/mol. The zero-order chi connectivity index (χ0) is 17.9. The summed E-state index contributed by atoms with van der Waals surface area (Å²) in [5, 5.41) is 41.4. The van der Waals surface area contributed by atoms with Crippen LogP contribution < -0.4 is 10.9 Å². The van der Waals surface area contributed by atoms with E-state index in [9.17, 15) is 24.9 Å². The van der Waals surface area contributed by atoms with Crippen LogP contribution in [0.25, 0.3) is 10.9 Å². The lowest BCUT2D eigenvalue weighted by molar-refractivity contribution is -0.117. The number of carbonyl (C=O) groups is 1. The van der Waals surface area contributed by atoms with Crippen LogP contribution in [0.5, 0.6) is 0 Å². The van der Waals surface area contributed by atoms with Crippen LogP contribution in [0.15, 0.2) is 29.1 Å². The summed E-state index contributed by atoms with van der Waals surface area (Å²) in [4.78, 5) is 25.4. The van der Waals surface area contributed by atoms with E-state index >= 15 is 0 Å². The van der Waals surface area contributed by atoms with Crippen LogP contribution in [0.2, 0.25) is 0 Å². The molecule has 24 heavy (non-hydrogen) atoms. The van der Waals surface area contributed by atoms with Crippen molar-refractivity contribution in [2.75, 3.05) is 11.9 Å². The number of benzene rings is 1. The first-order valence-corrected chi connectivity index (χ1v) is 7.38. The van der Waals surface area contributed by atoms with E-state index in [0.29, 0.717) is 17.5 Å². The number of nitrogens with one attached hydrogen (secondary N) is 2. The molecule has 8 nitrogen and oxygen atoms in total. The summed E-state index contributed by atoms with van der Waals surface area (Å²) in [6, 6.07) is 5.26. The van der Waals surface area contributed by atoms with Crippen LogP contribution in [0.1, 0.15) is 5.56 Å². The molecule has 2 aromatic rings. The Labute approximate surface area is 137 Å². The predicted octanol–water partition coefficient (Wildman–Crippen LogP) is -1.11. The molecule has 0 unspecified atom stereocenters. The number of aldehydes is 1. The monoisotopic (exact) mass is 336 g/mol. The number of fused-ring (bicyclic) bond motifs is 1. The summed E-state index contributed by atoms with van der Waals surface area (Å²) in [7, 11) is 0. The Hall–Kier alpha value is -2.26. The second-order valence-electron chi connectivity index (χ2n) is 5.61. The number of aromatic nitrogens is 1. The van der Waals surface area contributed by atoms with Crippen molar-refractivity contribution in [3.05, 3.63) is 40.2 Å². The molecule has 6 N–H and O–H groups in total. The van der Waals surface area contributed by atoms with Gasteiger partial charge in [0.05, 0.1) is 12.1 Å². The molecule has 0 radical (unpaired) electrons. The van der Waals surface area contributed by atoms with E-state index < -0.39 is 31.0 Å². The van der Waals surface area contributed by atoms with Crippen LogP contribution in [-0.2, 0) is 4.79 Å². The van der Waals surface area contributed by atoms with E-state index in [1.165, 1.54) is 6.07 Å². The molecule has 8 heteroatoms. The second-order valence-corrected chi connectivity index (χ2v) is 5.61. The summed E-state index contributed by atoms with van der Waals surface area (Å²) < 4.78 is 0. The van der Waals surface area contributed by atoms with Gasteiger partial charge in [-0.25, -0.2) is 0 Å². The van der Waals surface area contributed by atoms with Gasteiger partial charge in [0, 0.05) is 17.1 Å². The Balaban J connectivity index is 2.26. The number of pyridine rings is 1. The van der Waals surface area contributed by atoms with Crippen molar-refractivity contribution in [2.24, 2.45) is 0 Å².